The fourth-order valence-electron chi connectivity index (χ4n) is 3.41. The third-order valence-electron chi connectivity index (χ3n) is 4.84. The van der Waals surface area contributed by atoms with Gasteiger partial charge in [0.25, 0.3) is 0 Å². The van der Waals surface area contributed by atoms with E-state index in [9.17, 15) is 4.79 Å². The topological polar surface area (TPSA) is 38.7 Å². The second-order valence-corrected chi connectivity index (χ2v) is 6.68. The summed E-state index contributed by atoms with van der Waals surface area (Å²) in [6.07, 6.45) is 1.50. The molecule has 3 nitrogen and oxygen atoms in total. The van der Waals surface area contributed by atoms with Gasteiger partial charge in [-0.2, -0.15) is 0 Å². The van der Waals surface area contributed by atoms with Gasteiger partial charge in [-0.25, -0.2) is 0 Å². The van der Waals surface area contributed by atoms with E-state index in [1.54, 1.807) is 0 Å². The lowest BCUT2D eigenvalue weighted by Crippen LogP contribution is -2.27. The number of para-hydroxylation sites is 1. The van der Waals surface area contributed by atoms with Crippen LogP contribution in [0.25, 0.3) is 0 Å². The fraction of sp³-hybridized carbons (Fsp3) is 0.167. The monoisotopic (exact) mass is 355 g/mol. The highest BCUT2D eigenvalue weighted by Gasteiger charge is 2.29. The molecular weight excluding hydrogens is 334 g/mol. The molecule has 4 rings (SSSR count). The van der Waals surface area contributed by atoms with Crippen molar-refractivity contribution in [2.24, 2.45) is 10.9 Å². The summed E-state index contributed by atoms with van der Waals surface area (Å²) >= 11 is 0. The Bertz CT molecular complexity index is 948. The number of aliphatic imine (C=N–C) groups is 1. The van der Waals surface area contributed by atoms with Crippen molar-refractivity contribution < 1.29 is 9.53 Å². The molecule has 0 radical (unpaired) electrons. The Balaban J connectivity index is 1.63. The van der Waals surface area contributed by atoms with Crippen molar-refractivity contribution in [3.05, 3.63) is 102 Å². The van der Waals surface area contributed by atoms with Crippen LogP contribution in [0.3, 0.4) is 0 Å². The number of rotatable bonds is 4. The number of benzene rings is 3. The number of aryl methyl sites for hydroxylation is 1. The van der Waals surface area contributed by atoms with E-state index in [1.807, 2.05) is 78.9 Å². The second kappa shape index (κ2) is 8.00. The van der Waals surface area contributed by atoms with Crippen LogP contribution in [0.15, 0.2) is 89.9 Å². The maximum absolute atomic E-state index is 13.0. The third-order valence-corrected chi connectivity index (χ3v) is 4.84. The maximum Gasteiger partial charge on any atom is 0.315 e. The zero-order chi connectivity index (χ0) is 18.5. The number of fused-ring (bicyclic) bond motifs is 1. The fourth-order valence-corrected chi connectivity index (χ4v) is 3.41. The number of hydrogen-bond donors (Lipinski definition) is 0. The van der Waals surface area contributed by atoms with Crippen LogP contribution < -0.4 is 0 Å². The number of nitrogens with zero attached hydrogens (tertiary/aromatic N) is 1. The highest BCUT2D eigenvalue weighted by Crippen LogP contribution is 2.30. The molecule has 3 aromatic carbocycles. The van der Waals surface area contributed by atoms with Crippen molar-refractivity contribution >= 4 is 17.4 Å². The number of carbonyl (C=O) groups excluding carboxylic acids is 1. The van der Waals surface area contributed by atoms with Gasteiger partial charge in [-0.15, -0.1) is 0 Å². The van der Waals surface area contributed by atoms with E-state index in [4.69, 9.17) is 9.73 Å². The Morgan fingerprint density at radius 1 is 0.889 bits per heavy atom. The predicted molar refractivity (Wildman–Crippen MR) is 107 cm³/mol. The number of esters is 1. The van der Waals surface area contributed by atoms with Gasteiger partial charge in [0.05, 0.1) is 17.3 Å². The first-order valence-electron chi connectivity index (χ1n) is 9.24. The minimum Gasteiger partial charge on any atom is -0.460 e. The molecule has 0 N–H and O–H groups in total. The normalized spacial score (nSPS) is 16.0. The van der Waals surface area contributed by atoms with Crippen molar-refractivity contribution in [1.29, 1.82) is 0 Å². The first kappa shape index (κ1) is 17.2. The Hall–Kier alpha value is -3.20. The van der Waals surface area contributed by atoms with E-state index < -0.39 is 0 Å². The standard InChI is InChI=1S/C24H21NO2/c26-24(27-17-18-9-3-1-4-10-18)21-16-15-19-11-7-8-14-22(19)25-23(21)20-12-5-2-6-13-20/h1-14,21H,15-17H2. The molecule has 3 aromatic rings. The van der Waals surface area contributed by atoms with Gasteiger partial charge < -0.3 is 4.74 Å². The second-order valence-electron chi connectivity index (χ2n) is 6.68. The predicted octanol–water partition coefficient (Wildman–Crippen LogP) is 5.11. The average Bonchev–Trinajstić information content (AvgIpc) is 2.93. The minimum atomic E-state index is -0.372. The van der Waals surface area contributed by atoms with Gasteiger partial charge in [-0.1, -0.05) is 78.9 Å². The van der Waals surface area contributed by atoms with Crippen LogP contribution in [-0.2, 0) is 22.6 Å². The smallest absolute Gasteiger partial charge is 0.315 e. The van der Waals surface area contributed by atoms with Crippen LogP contribution in [0.2, 0.25) is 0 Å². The average molecular weight is 355 g/mol. The molecule has 0 fully saturated rings. The SMILES string of the molecule is O=C(OCc1ccccc1)C1CCc2ccccc2N=C1c1ccccc1. The van der Waals surface area contributed by atoms with Crippen LogP contribution in [0, 0.1) is 5.92 Å². The van der Waals surface area contributed by atoms with E-state index in [-0.39, 0.29) is 18.5 Å². The van der Waals surface area contributed by atoms with Gasteiger partial charge in [0.2, 0.25) is 0 Å². The highest BCUT2D eigenvalue weighted by molar-refractivity contribution is 6.13. The lowest BCUT2D eigenvalue weighted by atomic mass is 9.92. The molecule has 27 heavy (non-hydrogen) atoms. The molecular formula is C24H21NO2. The molecule has 0 aliphatic carbocycles. The number of carbonyl (C=O) groups is 1. The third kappa shape index (κ3) is 3.98. The molecule has 1 unspecified atom stereocenters. The van der Waals surface area contributed by atoms with E-state index in [0.717, 1.165) is 28.9 Å². The van der Waals surface area contributed by atoms with Gasteiger partial charge in [-0.3, -0.25) is 9.79 Å². The van der Waals surface area contributed by atoms with Crippen LogP contribution >= 0.6 is 0 Å². The first-order valence-corrected chi connectivity index (χ1v) is 9.24. The van der Waals surface area contributed by atoms with Crippen LogP contribution in [-0.4, -0.2) is 11.7 Å². The minimum absolute atomic E-state index is 0.214. The van der Waals surface area contributed by atoms with E-state index in [0.29, 0.717) is 6.42 Å². The maximum atomic E-state index is 13.0. The number of ether oxygens (including phenoxy) is 1. The summed E-state index contributed by atoms with van der Waals surface area (Å²) < 4.78 is 5.65. The molecule has 1 aliphatic heterocycles. The van der Waals surface area contributed by atoms with Gasteiger partial charge in [-0.05, 0) is 35.6 Å². The molecule has 0 saturated heterocycles. The van der Waals surface area contributed by atoms with Crippen molar-refractivity contribution in [3.63, 3.8) is 0 Å². The lowest BCUT2D eigenvalue weighted by Gasteiger charge is -2.17. The van der Waals surface area contributed by atoms with E-state index in [2.05, 4.69) is 6.07 Å². The molecule has 0 bridgehead atoms. The Morgan fingerprint density at radius 3 is 2.33 bits per heavy atom. The molecule has 0 spiro atoms. The van der Waals surface area contributed by atoms with E-state index >= 15 is 0 Å². The molecule has 0 saturated carbocycles. The summed E-state index contributed by atoms with van der Waals surface area (Å²) in [7, 11) is 0. The summed E-state index contributed by atoms with van der Waals surface area (Å²) in [5, 5.41) is 0. The van der Waals surface area contributed by atoms with Crippen LogP contribution in [0.5, 0.6) is 0 Å². The molecule has 1 atom stereocenters. The number of hydrogen-bond acceptors (Lipinski definition) is 3. The van der Waals surface area contributed by atoms with Crippen molar-refractivity contribution in [1.82, 2.24) is 0 Å². The summed E-state index contributed by atoms with van der Waals surface area (Å²) in [4.78, 5) is 17.8. The highest BCUT2D eigenvalue weighted by atomic mass is 16.5. The zero-order valence-electron chi connectivity index (χ0n) is 15.0. The molecule has 134 valence electrons. The summed E-state index contributed by atoms with van der Waals surface area (Å²) in [6, 6.07) is 27.8. The van der Waals surface area contributed by atoms with Gasteiger partial charge in [0.15, 0.2) is 0 Å². The van der Waals surface area contributed by atoms with Gasteiger partial charge >= 0.3 is 5.97 Å². The first-order chi connectivity index (χ1) is 13.3. The Kier molecular flexibility index (Phi) is 5.10. The summed E-state index contributed by atoms with van der Waals surface area (Å²) in [6.45, 7) is 0.283. The molecule has 1 aliphatic rings. The molecule has 1 heterocycles. The largest absolute Gasteiger partial charge is 0.460 e. The molecule has 3 heteroatoms. The van der Waals surface area contributed by atoms with Gasteiger partial charge in [0.1, 0.15) is 6.61 Å². The van der Waals surface area contributed by atoms with E-state index in [1.165, 1.54) is 5.56 Å². The lowest BCUT2D eigenvalue weighted by molar-refractivity contribution is -0.147. The van der Waals surface area contributed by atoms with Crippen LogP contribution in [0.1, 0.15) is 23.1 Å². The molecule has 0 aromatic heterocycles. The van der Waals surface area contributed by atoms with Crippen molar-refractivity contribution in [3.8, 4) is 0 Å². The Labute approximate surface area is 159 Å². The quantitative estimate of drug-likeness (QED) is 0.610. The van der Waals surface area contributed by atoms with Crippen molar-refractivity contribution in [2.45, 2.75) is 19.4 Å². The molecule has 0 amide bonds. The summed E-state index contributed by atoms with van der Waals surface area (Å²) in [5.74, 6) is -0.585. The van der Waals surface area contributed by atoms with Gasteiger partial charge in [0, 0.05) is 0 Å². The summed E-state index contributed by atoms with van der Waals surface area (Å²) in [5.41, 5.74) is 4.86. The Morgan fingerprint density at radius 2 is 1.56 bits per heavy atom. The van der Waals surface area contributed by atoms with Crippen LogP contribution in [0.4, 0.5) is 5.69 Å². The zero-order valence-corrected chi connectivity index (χ0v) is 15.0. The van der Waals surface area contributed by atoms with Crippen molar-refractivity contribution in [2.75, 3.05) is 0 Å².